The number of anilines is 1. The molecule has 0 saturated heterocycles. The van der Waals surface area contributed by atoms with Crippen molar-refractivity contribution < 1.29 is 4.74 Å². The standard InChI is InChI=1S/C24H29N3O/c1-14-15(2)23-19(16(3)22(14)25)11-24(4,28-23)13-27-10-9-18-17-7-5-6-8-20(17)26-21(18)12-27/h5-8,26H,9-13,25H2,1-4H3/t24-/m0/s1. The molecule has 0 bridgehead atoms. The SMILES string of the molecule is Cc1c(C)c2c(c(C)c1N)C[C@@](C)(CN1CCc3c([nH]c4ccccc34)C1)O2. The molecule has 2 aliphatic heterocycles. The monoisotopic (exact) mass is 375 g/mol. The largest absolute Gasteiger partial charge is 0.485 e. The molecule has 1 aromatic heterocycles. The fraction of sp³-hybridized carbons (Fsp3) is 0.417. The van der Waals surface area contributed by atoms with E-state index in [4.69, 9.17) is 10.5 Å². The first-order valence-corrected chi connectivity index (χ1v) is 10.2. The predicted molar refractivity (Wildman–Crippen MR) is 115 cm³/mol. The molecule has 3 heterocycles. The van der Waals surface area contributed by atoms with Crippen molar-refractivity contribution in [3.05, 3.63) is 57.8 Å². The summed E-state index contributed by atoms with van der Waals surface area (Å²) >= 11 is 0. The summed E-state index contributed by atoms with van der Waals surface area (Å²) in [5, 5.41) is 1.38. The highest BCUT2D eigenvalue weighted by molar-refractivity contribution is 5.84. The summed E-state index contributed by atoms with van der Waals surface area (Å²) in [4.78, 5) is 6.17. The topological polar surface area (TPSA) is 54.3 Å². The molecular weight excluding hydrogens is 346 g/mol. The van der Waals surface area contributed by atoms with Crippen LogP contribution in [0.1, 0.15) is 40.4 Å². The maximum atomic E-state index is 6.58. The number of H-pyrrole nitrogens is 1. The second-order valence-corrected chi connectivity index (χ2v) is 8.91. The molecule has 2 aromatic carbocycles. The van der Waals surface area contributed by atoms with E-state index in [9.17, 15) is 0 Å². The van der Waals surface area contributed by atoms with Crippen molar-refractivity contribution in [3.63, 3.8) is 0 Å². The summed E-state index contributed by atoms with van der Waals surface area (Å²) in [7, 11) is 0. The number of aromatic amines is 1. The minimum atomic E-state index is -0.207. The highest BCUT2D eigenvalue weighted by Crippen LogP contribution is 2.44. The Hall–Kier alpha value is -2.46. The van der Waals surface area contributed by atoms with Crippen LogP contribution in [0.2, 0.25) is 0 Å². The Labute approximate surface area is 166 Å². The number of nitrogens with two attached hydrogens (primary N) is 1. The van der Waals surface area contributed by atoms with Gasteiger partial charge in [0.2, 0.25) is 0 Å². The minimum absolute atomic E-state index is 0.207. The van der Waals surface area contributed by atoms with Gasteiger partial charge >= 0.3 is 0 Å². The van der Waals surface area contributed by atoms with E-state index in [2.05, 4.69) is 61.8 Å². The van der Waals surface area contributed by atoms with E-state index >= 15 is 0 Å². The second-order valence-electron chi connectivity index (χ2n) is 8.91. The van der Waals surface area contributed by atoms with E-state index in [1.807, 2.05) is 0 Å². The van der Waals surface area contributed by atoms with Gasteiger partial charge in [0.1, 0.15) is 11.4 Å². The van der Waals surface area contributed by atoms with Gasteiger partial charge in [0.05, 0.1) is 0 Å². The van der Waals surface area contributed by atoms with Crippen LogP contribution in [0.15, 0.2) is 24.3 Å². The van der Waals surface area contributed by atoms with Crippen LogP contribution in [-0.4, -0.2) is 28.6 Å². The fourth-order valence-electron chi connectivity index (χ4n) is 5.17. The third-order valence-electron chi connectivity index (χ3n) is 6.86. The number of ether oxygens (including phenoxy) is 1. The van der Waals surface area contributed by atoms with Crippen molar-refractivity contribution in [2.24, 2.45) is 0 Å². The average molecular weight is 376 g/mol. The maximum Gasteiger partial charge on any atom is 0.127 e. The summed E-state index contributed by atoms with van der Waals surface area (Å²) in [6, 6.07) is 8.64. The average Bonchev–Trinajstić information content (AvgIpc) is 3.22. The molecule has 146 valence electrons. The summed E-state index contributed by atoms with van der Waals surface area (Å²) in [6.45, 7) is 11.6. The van der Waals surface area contributed by atoms with Gasteiger partial charge in [0.25, 0.3) is 0 Å². The second kappa shape index (κ2) is 6.02. The first-order chi connectivity index (χ1) is 13.4. The quantitative estimate of drug-likeness (QED) is 0.652. The smallest absolute Gasteiger partial charge is 0.127 e. The zero-order valence-electron chi connectivity index (χ0n) is 17.3. The molecule has 0 spiro atoms. The van der Waals surface area contributed by atoms with Crippen LogP contribution in [0.25, 0.3) is 10.9 Å². The lowest BCUT2D eigenvalue weighted by Crippen LogP contribution is -2.46. The summed E-state index contributed by atoms with van der Waals surface area (Å²) in [6.07, 6.45) is 2.02. The Balaban J connectivity index is 1.40. The Morgan fingerprint density at radius 1 is 1.11 bits per heavy atom. The van der Waals surface area contributed by atoms with E-state index in [0.717, 1.165) is 49.5 Å². The Bertz CT molecular complexity index is 1060. The van der Waals surface area contributed by atoms with Crippen LogP contribution >= 0.6 is 0 Å². The Morgan fingerprint density at radius 3 is 2.71 bits per heavy atom. The number of benzene rings is 2. The first kappa shape index (κ1) is 17.6. The van der Waals surface area contributed by atoms with Crippen molar-refractivity contribution in [3.8, 4) is 5.75 Å². The summed E-state index contributed by atoms with van der Waals surface area (Å²) in [5.74, 6) is 1.06. The highest BCUT2D eigenvalue weighted by atomic mass is 16.5. The zero-order valence-corrected chi connectivity index (χ0v) is 17.3. The van der Waals surface area contributed by atoms with Crippen molar-refractivity contribution in [1.82, 2.24) is 9.88 Å². The summed E-state index contributed by atoms with van der Waals surface area (Å²) in [5.41, 5.74) is 16.0. The number of nitrogens with zero attached hydrogens (tertiary/aromatic N) is 1. The predicted octanol–water partition coefficient (Wildman–Crippen LogP) is 4.43. The van der Waals surface area contributed by atoms with E-state index in [1.54, 1.807) is 0 Å². The minimum Gasteiger partial charge on any atom is -0.485 e. The van der Waals surface area contributed by atoms with Gasteiger partial charge in [0, 0.05) is 53.9 Å². The fourth-order valence-corrected chi connectivity index (χ4v) is 5.17. The number of para-hydroxylation sites is 1. The van der Waals surface area contributed by atoms with Gasteiger partial charge in [-0.15, -0.1) is 0 Å². The van der Waals surface area contributed by atoms with Gasteiger partial charge in [-0.3, -0.25) is 4.90 Å². The third kappa shape index (κ3) is 2.55. The number of nitrogen functional groups attached to an aromatic ring is 1. The van der Waals surface area contributed by atoms with Gasteiger partial charge in [0.15, 0.2) is 0 Å². The number of aromatic nitrogens is 1. The number of rotatable bonds is 2. The van der Waals surface area contributed by atoms with E-state index in [-0.39, 0.29) is 5.60 Å². The van der Waals surface area contributed by atoms with Crippen LogP contribution in [0.4, 0.5) is 5.69 Å². The molecule has 5 rings (SSSR count). The lowest BCUT2D eigenvalue weighted by molar-refractivity contribution is 0.0569. The van der Waals surface area contributed by atoms with Gasteiger partial charge in [-0.1, -0.05) is 18.2 Å². The number of hydrogen-bond donors (Lipinski definition) is 2. The highest BCUT2D eigenvalue weighted by Gasteiger charge is 2.40. The van der Waals surface area contributed by atoms with Gasteiger partial charge in [-0.2, -0.15) is 0 Å². The molecule has 4 nitrogen and oxygen atoms in total. The van der Waals surface area contributed by atoms with Crippen molar-refractivity contribution in [2.45, 2.75) is 52.7 Å². The van der Waals surface area contributed by atoms with Gasteiger partial charge < -0.3 is 15.5 Å². The van der Waals surface area contributed by atoms with E-state index in [0.29, 0.717) is 0 Å². The van der Waals surface area contributed by atoms with Gasteiger partial charge in [-0.05, 0) is 62.4 Å². The van der Waals surface area contributed by atoms with Crippen molar-refractivity contribution in [1.29, 1.82) is 0 Å². The molecular formula is C24H29N3O. The molecule has 0 unspecified atom stereocenters. The molecule has 0 radical (unpaired) electrons. The molecule has 1 atom stereocenters. The van der Waals surface area contributed by atoms with E-state index in [1.165, 1.54) is 38.9 Å². The molecule has 0 fully saturated rings. The van der Waals surface area contributed by atoms with E-state index < -0.39 is 0 Å². The molecule has 3 N–H and O–H groups in total. The third-order valence-corrected chi connectivity index (χ3v) is 6.86. The van der Waals surface area contributed by atoms with Crippen molar-refractivity contribution in [2.75, 3.05) is 18.8 Å². The van der Waals surface area contributed by atoms with Crippen LogP contribution < -0.4 is 10.5 Å². The number of hydrogen-bond acceptors (Lipinski definition) is 3. The summed E-state index contributed by atoms with van der Waals surface area (Å²) < 4.78 is 6.58. The lowest BCUT2D eigenvalue weighted by atomic mass is 9.91. The molecule has 3 aromatic rings. The van der Waals surface area contributed by atoms with Crippen LogP contribution in [-0.2, 0) is 19.4 Å². The first-order valence-electron chi connectivity index (χ1n) is 10.2. The lowest BCUT2D eigenvalue weighted by Gasteiger charge is -2.34. The zero-order chi connectivity index (χ0) is 19.6. The molecule has 0 saturated carbocycles. The van der Waals surface area contributed by atoms with Crippen LogP contribution in [0, 0.1) is 20.8 Å². The number of nitrogens with one attached hydrogen (secondary N) is 1. The van der Waals surface area contributed by atoms with Crippen molar-refractivity contribution >= 4 is 16.6 Å². The number of fused-ring (bicyclic) bond motifs is 4. The van der Waals surface area contributed by atoms with Crippen LogP contribution in [0.3, 0.4) is 0 Å². The normalized spacial score (nSPS) is 21.6. The van der Waals surface area contributed by atoms with Crippen LogP contribution in [0.5, 0.6) is 5.75 Å². The maximum absolute atomic E-state index is 6.58. The molecule has 0 amide bonds. The Kier molecular flexibility index (Phi) is 3.79. The van der Waals surface area contributed by atoms with Gasteiger partial charge in [-0.25, -0.2) is 0 Å². The Morgan fingerprint density at radius 2 is 1.89 bits per heavy atom. The molecule has 4 heteroatoms. The molecule has 0 aliphatic carbocycles. The molecule has 28 heavy (non-hydrogen) atoms. The molecule has 2 aliphatic rings.